The average Bonchev–Trinajstić information content (AvgIpc) is 2.64. The van der Waals surface area contributed by atoms with Crippen LogP contribution in [0.1, 0.15) is 33.6 Å². The van der Waals surface area contributed by atoms with Crippen molar-refractivity contribution in [1.82, 2.24) is 10.2 Å². The normalized spacial score (nSPS) is 15.0. The van der Waals surface area contributed by atoms with E-state index in [2.05, 4.69) is 21.2 Å². The van der Waals surface area contributed by atoms with Crippen LogP contribution in [0, 0.1) is 5.82 Å². The zero-order valence-corrected chi connectivity index (χ0v) is 16.2. The number of benzene rings is 2. The summed E-state index contributed by atoms with van der Waals surface area (Å²) in [5.41, 5.74) is 0.890. The van der Waals surface area contributed by atoms with Gasteiger partial charge in [-0.15, -0.1) is 0 Å². The summed E-state index contributed by atoms with van der Waals surface area (Å²) >= 11 is 9.49. The third-order valence-electron chi connectivity index (χ3n) is 4.38. The van der Waals surface area contributed by atoms with E-state index in [4.69, 9.17) is 11.6 Å². The van der Waals surface area contributed by atoms with Crippen molar-refractivity contribution in [2.24, 2.45) is 0 Å². The van der Waals surface area contributed by atoms with Crippen LogP contribution in [-0.2, 0) is 0 Å². The maximum Gasteiger partial charge on any atom is 0.255 e. The van der Waals surface area contributed by atoms with E-state index < -0.39 is 0 Å². The lowest BCUT2D eigenvalue weighted by Gasteiger charge is -2.32. The molecule has 0 bridgehead atoms. The summed E-state index contributed by atoms with van der Waals surface area (Å²) in [6, 6.07) is 10.6. The van der Waals surface area contributed by atoms with Gasteiger partial charge in [0.25, 0.3) is 11.8 Å². The molecule has 2 aromatic rings. The van der Waals surface area contributed by atoms with Gasteiger partial charge in [-0.05, 0) is 55.3 Å². The predicted molar refractivity (Wildman–Crippen MR) is 102 cm³/mol. The molecule has 136 valence electrons. The smallest absolute Gasteiger partial charge is 0.255 e. The fourth-order valence-corrected chi connectivity index (χ4v) is 3.49. The maximum atomic E-state index is 12.9. The standard InChI is InChI=1S/C19H17BrClFN2O2/c20-13-3-6-17(21)16(11-13)19(26)24-9-7-15(8-10-24)23-18(25)12-1-4-14(22)5-2-12/h1-6,11,15H,7-10H2,(H,23,25). The maximum absolute atomic E-state index is 12.9. The summed E-state index contributed by atoms with van der Waals surface area (Å²) in [4.78, 5) is 26.6. The summed E-state index contributed by atoms with van der Waals surface area (Å²) in [6.45, 7) is 1.08. The number of amides is 2. The van der Waals surface area contributed by atoms with Gasteiger partial charge in [0, 0.05) is 29.2 Å². The zero-order chi connectivity index (χ0) is 18.7. The summed E-state index contributed by atoms with van der Waals surface area (Å²) in [6.07, 6.45) is 1.31. The fraction of sp³-hybridized carbons (Fsp3) is 0.263. The van der Waals surface area contributed by atoms with E-state index in [1.165, 1.54) is 24.3 Å². The van der Waals surface area contributed by atoms with E-state index in [0.717, 1.165) is 4.47 Å². The summed E-state index contributed by atoms with van der Waals surface area (Å²) < 4.78 is 13.7. The number of carbonyl (C=O) groups excluding carboxylic acids is 2. The number of hydrogen-bond donors (Lipinski definition) is 1. The van der Waals surface area contributed by atoms with Crippen molar-refractivity contribution >= 4 is 39.3 Å². The molecule has 0 aliphatic carbocycles. The van der Waals surface area contributed by atoms with E-state index in [0.29, 0.717) is 42.1 Å². The van der Waals surface area contributed by atoms with Crippen molar-refractivity contribution in [2.75, 3.05) is 13.1 Å². The Hall–Kier alpha value is -1.92. The molecule has 0 radical (unpaired) electrons. The van der Waals surface area contributed by atoms with Gasteiger partial charge in [-0.1, -0.05) is 27.5 Å². The molecular formula is C19H17BrClFN2O2. The number of nitrogens with zero attached hydrogens (tertiary/aromatic N) is 1. The predicted octanol–water partition coefficient (Wildman–Crippen LogP) is 4.28. The highest BCUT2D eigenvalue weighted by molar-refractivity contribution is 9.10. The SMILES string of the molecule is O=C(NC1CCN(C(=O)c2cc(Br)ccc2Cl)CC1)c1ccc(F)cc1. The minimum atomic E-state index is -0.375. The van der Waals surface area contributed by atoms with Crippen molar-refractivity contribution in [3.63, 3.8) is 0 Å². The van der Waals surface area contributed by atoms with Crippen molar-refractivity contribution in [2.45, 2.75) is 18.9 Å². The molecule has 7 heteroatoms. The highest BCUT2D eigenvalue weighted by atomic mass is 79.9. The van der Waals surface area contributed by atoms with Gasteiger partial charge >= 0.3 is 0 Å². The molecule has 2 aromatic carbocycles. The molecular weight excluding hydrogens is 423 g/mol. The van der Waals surface area contributed by atoms with E-state index >= 15 is 0 Å². The Bertz CT molecular complexity index is 821. The van der Waals surface area contributed by atoms with Crippen molar-refractivity contribution < 1.29 is 14.0 Å². The number of carbonyl (C=O) groups is 2. The molecule has 3 rings (SSSR count). The summed E-state index contributed by atoms with van der Waals surface area (Å²) in [5.74, 6) is -0.719. The lowest BCUT2D eigenvalue weighted by atomic mass is 10.0. The second-order valence-electron chi connectivity index (χ2n) is 6.17. The number of halogens is 3. The Morgan fingerprint density at radius 3 is 2.42 bits per heavy atom. The Labute approximate surface area is 164 Å². The van der Waals surface area contributed by atoms with Gasteiger partial charge in [0.2, 0.25) is 0 Å². The molecule has 0 atom stereocenters. The molecule has 1 fully saturated rings. The molecule has 1 aliphatic heterocycles. The van der Waals surface area contributed by atoms with Gasteiger partial charge in [0.1, 0.15) is 5.82 Å². The molecule has 1 saturated heterocycles. The second kappa shape index (κ2) is 8.18. The molecule has 1 N–H and O–H groups in total. The highest BCUT2D eigenvalue weighted by Crippen LogP contribution is 2.24. The third-order valence-corrected chi connectivity index (χ3v) is 5.21. The van der Waals surface area contributed by atoms with Crippen molar-refractivity contribution in [3.8, 4) is 0 Å². The Morgan fingerprint density at radius 2 is 1.77 bits per heavy atom. The van der Waals surface area contributed by atoms with Gasteiger partial charge in [0.15, 0.2) is 0 Å². The van der Waals surface area contributed by atoms with Gasteiger partial charge in [-0.3, -0.25) is 9.59 Å². The lowest BCUT2D eigenvalue weighted by molar-refractivity contribution is 0.0698. The topological polar surface area (TPSA) is 49.4 Å². The minimum absolute atomic E-state index is 0.0189. The third kappa shape index (κ3) is 4.43. The van der Waals surface area contributed by atoms with Crippen LogP contribution in [0.2, 0.25) is 5.02 Å². The number of piperidine rings is 1. The highest BCUT2D eigenvalue weighted by Gasteiger charge is 2.26. The van der Waals surface area contributed by atoms with Crippen LogP contribution < -0.4 is 5.32 Å². The van der Waals surface area contributed by atoms with Crippen LogP contribution in [0.25, 0.3) is 0 Å². The molecule has 26 heavy (non-hydrogen) atoms. The Morgan fingerprint density at radius 1 is 1.12 bits per heavy atom. The van der Waals surface area contributed by atoms with E-state index in [9.17, 15) is 14.0 Å². The molecule has 1 aliphatic rings. The first-order chi connectivity index (χ1) is 12.4. The average molecular weight is 440 g/mol. The van der Waals surface area contributed by atoms with Gasteiger partial charge < -0.3 is 10.2 Å². The van der Waals surface area contributed by atoms with Gasteiger partial charge in [0.05, 0.1) is 10.6 Å². The first-order valence-electron chi connectivity index (χ1n) is 8.25. The van der Waals surface area contributed by atoms with E-state index in [-0.39, 0.29) is 23.7 Å². The minimum Gasteiger partial charge on any atom is -0.349 e. The molecule has 0 unspecified atom stereocenters. The summed E-state index contributed by atoms with van der Waals surface area (Å²) in [5, 5.41) is 3.36. The number of nitrogens with one attached hydrogen (secondary N) is 1. The lowest BCUT2D eigenvalue weighted by Crippen LogP contribution is -2.46. The van der Waals surface area contributed by atoms with E-state index in [1.54, 1.807) is 23.1 Å². The van der Waals surface area contributed by atoms with Crippen LogP contribution in [0.5, 0.6) is 0 Å². The number of hydrogen-bond acceptors (Lipinski definition) is 2. The van der Waals surface area contributed by atoms with Crippen LogP contribution >= 0.6 is 27.5 Å². The number of likely N-dealkylation sites (tertiary alicyclic amines) is 1. The largest absolute Gasteiger partial charge is 0.349 e. The van der Waals surface area contributed by atoms with Crippen LogP contribution in [-0.4, -0.2) is 35.8 Å². The zero-order valence-electron chi connectivity index (χ0n) is 13.8. The summed E-state index contributed by atoms with van der Waals surface area (Å²) in [7, 11) is 0. The fourth-order valence-electron chi connectivity index (χ4n) is 2.93. The monoisotopic (exact) mass is 438 g/mol. The van der Waals surface area contributed by atoms with Crippen molar-refractivity contribution in [3.05, 3.63) is 68.9 Å². The molecule has 0 spiro atoms. The van der Waals surface area contributed by atoms with E-state index in [1.807, 2.05) is 0 Å². The molecule has 0 saturated carbocycles. The first kappa shape index (κ1) is 18.9. The van der Waals surface area contributed by atoms with Gasteiger partial charge in [-0.25, -0.2) is 4.39 Å². The van der Waals surface area contributed by atoms with Crippen LogP contribution in [0.4, 0.5) is 4.39 Å². The Balaban J connectivity index is 1.57. The molecule has 2 amide bonds. The van der Waals surface area contributed by atoms with Gasteiger partial charge in [-0.2, -0.15) is 0 Å². The quantitative estimate of drug-likeness (QED) is 0.776. The Kier molecular flexibility index (Phi) is 5.94. The molecule has 0 aromatic heterocycles. The molecule has 1 heterocycles. The van der Waals surface area contributed by atoms with Crippen LogP contribution in [0.3, 0.4) is 0 Å². The first-order valence-corrected chi connectivity index (χ1v) is 9.42. The van der Waals surface area contributed by atoms with Crippen LogP contribution in [0.15, 0.2) is 46.9 Å². The second-order valence-corrected chi connectivity index (χ2v) is 7.49. The van der Waals surface area contributed by atoms with Crippen molar-refractivity contribution in [1.29, 1.82) is 0 Å². The number of rotatable bonds is 3. The molecule has 4 nitrogen and oxygen atoms in total.